The number of nitrogens with one attached hydrogen (secondary N) is 2. The third kappa shape index (κ3) is 4.45. The van der Waals surface area contributed by atoms with Gasteiger partial charge in [0.1, 0.15) is 11.6 Å². The molecule has 27 heavy (non-hydrogen) atoms. The Labute approximate surface area is 157 Å². The van der Waals surface area contributed by atoms with Gasteiger partial charge in [0.15, 0.2) is 11.7 Å². The van der Waals surface area contributed by atoms with Crippen molar-refractivity contribution in [2.24, 2.45) is 5.92 Å². The van der Waals surface area contributed by atoms with E-state index in [1.165, 1.54) is 25.1 Å². The molecule has 4 nitrogen and oxygen atoms in total. The van der Waals surface area contributed by atoms with Gasteiger partial charge in [0.2, 0.25) is 5.90 Å². The molecule has 2 N–H and O–H groups in total. The molecule has 0 aliphatic heterocycles. The number of ether oxygens (including phenoxy) is 1. The molecule has 0 unspecified atom stereocenters. The monoisotopic (exact) mass is 372 g/mol. The maximum absolute atomic E-state index is 14.8. The van der Waals surface area contributed by atoms with Crippen LogP contribution >= 0.6 is 0 Å². The smallest absolute Gasteiger partial charge is 0.220 e. The van der Waals surface area contributed by atoms with Crippen LogP contribution in [0.4, 0.5) is 8.78 Å². The highest BCUT2D eigenvalue weighted by Crippen LogP contribution is 2.32. The zero-order chi connectivity index (χ0) is 20.3. The first-order valence-electron chi connectivity index (χ1n) is 8.64. The lowest BCUT2D eigenvalue weighted by Gasteiger charge is -2.17. The molecular weight excluding hydrogens is 350 g/mol. The molecule has 142 valence electrons. The minimum atomic E-state index is -0.700. The van der Waals surface area contributed by atoms with Crippen molar-refractivity contribution in [2.45, 2.75) is 34.1 Å². The second-order valence-corrected chi connectivity index (χ2v) is 6.54. The Morgan fingerprint density at radius 3 is 2.30 bits per heavy atom. The second kappa shape index (κ2) is 8.20. The van der Waals surface area contributed by atoms with E-state index in [9.17, 15) is 13.6 Å². The number of Topliss-reactive ketones (excluding diaryl/α,β-unsaturated/α-hetero) is 1. The van der Waals surface area contributed by atoms with Crippen molar-refractivity contribution >= 4 is 17.6 Å². The van der Waals surface area contributed by atoms with Crippen molar-refractivity contribution < 1.29 is 18.3 Å². The van der Waals surface area contributed by atoms with E-state index in [0.717, 1.165) is 12.1 Å². The summed E-state index contributed by atoms with van der Waals surface area (Å²) >= 11 is 0. The summed E-state index contributed by atoms with van der Waals surface area (Å²) in [4.78, 5) is 12.7. The van der Waals surface area contributed by atoms with Gasteiger partial charge < -0.3 is 4.74 Å². The molecule has 2 aromatic rings. The topological polar surface area (TPSA) is 74.0 Å². The summed E-state index contributed by atoms with van der Waals surface area (Å²) in [5.74, 6) is -2.29. The van der Waals surface area contributed by atoms with Crippen LogP contribution in [-0.4, -0.2) is 17.6 Å². The zero-order valence-electron chi connectivity index (χ0n) is 15.7. The molecule has 2 rings (SSSR count). The number of ketones is 1. The largest absolute Gasteiger partial charge is 0.426 e. The highest BCUT2D eigenvalue weighted by Gasteiger charge is 2.23. The summed E-state index contributed by atoms with van der Waals surface area (Å²) in [6.07, 6.45) is 0.440. The van der Waals surface area contributed by atoms with Crippen LogP contribution in [0, 0.1) is 28.4 Å². The third-order valence-electron chi connectivity index (χ3n) is 4.11. The van der Waals surface area contributed by atoms with E-state index in [4.69, 9.17) is 15.6 Å². The fraction of sp³-hybridized carbons (Fsp3) is 0.286. The first kappa shape index (κ1) is 20.4. The standard InChI is InChI=1S/C21H22F2N2O2/c1-5-13-8-15(22)10-17(19(13)20(26)11(2)3)16-7-6-14(9-18(16)23)21(25)27-12(4)24/h6-11,24-25H,5H2,1-4H3. The van der Waals surface area contributed by atoms with Gasteiger partial charge in [-0.3, -0.25) is 15.6 Å². The minimum Gasteiger partial charge on any atom is -0.426 e. The number of hydrogen-bond acceptors (Lipinski definition) is 4. The molecule has 0 spiro atoms. The van der Waals surface area contributed by atoms with Crippen LogP contribution in [0.3, 0.4) is 0 Å². The third-order valence-corrected chi connectivity index (χ3v) is 4.11. The van der Waals surface area contributed by atoms with Crippen LogP contribution in [-0.2, 0) is 11.2 Å². The Morgan fingerprint density at radius 1 is 1.11 bits per heavy atom. The predicted octanol–water partition coefficient (Wildman–Crippen LogP) is 5.37. The molecule has 0 amide bonds. The van der Waals surface area contributed by atoms with E-state index in [2.05, 4.69) is 0 Å². The fourth-order valence-corrected chi connectivity index (χ4v) is 2.82. The first-order chi connectivity index (χ1) is 12.6. The molecule has 0 atom stereocenters. The number of benzene rings is 2. The van der Waals surface area contributed by atoms with Gasteiger partial charge in [0, 0.05) is 29.5 Å². The summed E-state index contributed by atoms with van der Waals surface area (Å²) in [5.41, 5.74) is 1.28. The van der Waals surface area contributed by atoms with Gasteiger partial charge in [-0.1, -0.05) is 26.8 Å². The highest BCUT2D eigenvalue weighted by molar-refractivity contribution is 6.05. The lowest BCUT2D eigenvalue weighted by atomic mass is 9.87. The molecular formula is C21H22F2N2O2. The number of hydrogen-bond donors (Lipinski definition) is 2. The van der Waals surface area contributed by atoms with Crippen molar-refractivity contribution in [3.05, 3.63) is 58.7 Å². The average molecular weight is 372 g/mol. The number of carbonyl (C=O) groups excluding carboxylic acids is 1. The molecule has 0 bridgehead atoms. The molecule has 0 radical (unpaired) electrons. The van der Waals surface area contributed by atoms with Crippen molar-refractivity contribution in [3.63, 3.8) is 0 Å². The van der Waals surface area contributed by atoms with Crippen molar-refractivity contribution in [2.75, 3.05) is 0 Å². The van der Waals surface area contributed by atoms with Gasteiger partial charge in [-0.05, 0) is 41.8 Å². The maximum atomic E-state index is 14.8. The maximum Gasteiger partial charge on any atom is 0.220 e. The van der Waals surface area contributed by atoms with Crippen LogP contribution in [0.25, 0.3) is 11.1 Å². The van der Waals surface area contributed by atoms with Crippen molar-refractivity contribution in [1.82, 2.24) is 0 Å². The Bertz CT molecular complexity index is 921. The molecule has 0 aliphatic rings. The normalized spacial score (nSPS) is 10.8. The minimum absolute atomic E-state index is 0.0799. The van der Waals surface area contributed by atoms with E-state index in [1.54, 1.807) is 13.8 Å². The molecule has 0 fully saturated rings. The van der Waals surface area contributed by atoms with E-state index < -0.39 is 11.6 Å². The molecule has 0 heterocycles. The van der Waals surface area contributed by atoms with Gasteiger partial charge in [0.05, 0.1) is 0 Å². The van der Waals surface area contributed by atoms with Crippen LogP contribution in [0.15, 0.2) is 30.3 Å². The number of carbonyl (C=O) groups is 1. The van der Waals surface area contributed by atoms with Gasteiger partial charge in [-0.25, -0.2) is 8.78 Å². The SMILES string of the molecule is CCc1cc(F)cc(-c2ccc(C(=N)OC(C)=N)cc2F)c1C(=O)C(C)C. The fourth-order valence-electron chi connectivity index (χ4n) is 2.82. The van der Waals surface area contributed by atoms with Crippen LogP contribution in [0.1, 0.15) is 49.2 Å². The van der Waals surface area contributed by atoms with Crippen molar-refractivity contribution in [3.8, 4) is 11.1 Å². The van der Waals surface area contributed by atoms with Crippen LogP contribution in [0.2, 0.25) is 0 Å². The Hall–Kier alpha value is -2.89. The molecule has 2 aromatic carbocycles. The highest BCUT2D eigenvalue weighted by atomic mass is 19.1. The number of aryl methyl sites for hydroxylation is 1. The van der Waals surface area contributed by atoms with Gasteiger partial charge >= 0.3 is 0 Å². The Morgan fingerprint density at radius 2 is 1.78 bits per heavy atom. The quantitative estimate of drug-likeness (QED) is 0.420. The summed E-state index contributed by atoms with van der Waals surface area (Å²) in [6.45, 7) is 6.66. The van der Waals surface area contributed by atoms with E-state index >= 15 is 0 Å². The number of halogens is 2. The lowest BCUT2D eigenvalue weighted by Crippen LogP contribution is -2.13. The summed E-state index contributed by atoms with van der Waals surface area (Å²) in [5, 5.41) is 15.0. The molecule has 0 saturated carbocycles. The summed E-state index contributed by atoms with van der Waals surface area (Å²) < 4.78 is 33.8. The second-order valence-electron chi connectivity index (χ2n) is 6.54. The van der Waals surface area contributed by atoms with Crippen LogP contribution < -0.4 is 0 Å². The zero-order valence-corrected chi connectivity index (χ0v) is 15.7. The lowest BCUT2D eigenvalue weighted by molar-refractivity contribution is 0.0939. The Kier molecular flexibility index (Phi) is 6.20. The summed E-state index contributed by atoms with van der Waals surface area (Å²) in [6, 6.07) is 6.40. The van der Waals surface area contributed by atoms with Crippen LogP contribution in [0.5, 0.6) is 0 Å². The Balaban J connectivity index is 2.64. The summed E-state index contributed by atoms with van der Waals surface area (Å²) in [7, 11) is 0. The molecule has 0 aliphatic carbocycles. The predicted molar refractivity (Wildman–Crippen MR) is 102 cm³/mol. The van der Waals surface area contributed by atoms with E-state index in [-0.39, 0.29) is 40.2 Å². The van der Waals surface area contributed by atoms with E-state index in [0.29, 0.717) is 17.5 Å². The number of rotatable bonds is 5. The molecule has 0 saturated heterocycles. The van der Waals surface area contributed by atoms with E-state index in [1.807, 2.05) is 6.92 Å². The first-order valence-corrected chi connectivity index (χ1v) is 8.64. The average Bonchev–Trinajstić information content (AvgIpc) is 2.59. The van der Waals surface area contributed by atoms with Gasteiger partial charge in [-0.2, -0.15) is 0 Å². The van der Waals surface area contributed by atoms with Crippen molar-refractivity contribution in [1.29, 1.82) is 10.8 Å². The molecule has 0 aromatic heterocycles. The van der Waals surface area contributed by atoms with Gasteiger partial charge in [-0.15, -0.1) is 0 Å². The molecule has 6 heteroatoms. The van der Waals surface area contributed by atoms with Gasteiger partial charge in [0.25, 0.3) is 0 Å².